The van der Waals surface area contributed by atoms with Crippen molar-refractivity contribution < 1.29 is 9.59 Å². The van der Waals surface area contributed by atoms with E-state index in [2.05, 4.69) is 5.32 Å². The van der Waals surface area contributed by atoms with Gasteiger partial charge in [0.25, 0.3) is 5.91 Å². The number of halogens is 3. The molecule has 23 heavy (non-hydrogen) atoms. The summed E-state index contributed by atoms with van der Waals surface area (Å²) in [5, 5.41) is 3.42. The summed E-state index contributed by atoms with van der Waals surface area (Å²) < 4.78 is 0. The smallest absolute Gasteiger partial charge is 0.256 e. The molecule has 1 aliphatic heterocycles. The molecule has 8 heteroatoms. The zero-order chi connectivity index (χ0) is 16.1. The molecule has 1 saturated heterocycles. The largest absolute Gasteiger partial charge is 0.355 e. The van der Waals surface area contributed by atoms with E-state index in [9.17, 15) is 9.59 Å². The predicted molar refractivity (Wildman–Crippen MR) is 94.4 cm³/mol. The molecule has 5 nitrogen and oxygen atoms in total. The molecule has 2 rings (SSSR count). The molecule has 1 unspecified atom stereocenters. The molecule has 1 heterocycles. The van der Waals surface area contributed by atoms with Gasteiger partial charge < -0.3 is 16.0 Å². The molecule has 1 fully saturated rings. The number of carbonyl (C=O) groups is 2. The lowest BCUT2D eigenvalue weighted by Crippen LogP contribution is -2.46. The van der Waals surface area contributed by atoms with Crippen LogP contribution in [0.4, 0.5) is 0 Å². The molecule has 0 spiro atoms. The number of rotatable bonds is 4. The molecule has 1 aromatic carbocycles. The summed E-state index contributed by atoms with van der Waals surface area (Å²) in [6, 6.07) is 4.97. The summed E-state index contributed by atoms with van der Waals surface area (Å²) in [7, 11) is 0. The van der Waals surface area contributed by atoms with E-state index in [0.29, 0.717) is 41.8 Å². The van der Waals surface area contributed by atoms with Crippen molar-refractivity contribution in [1.29, 1.82) is 0 Å². The molecule has 1 atom stereocenters. The summed E-state index contributed by atoms with van der Waals surface area (Å²) >= 11 is 12.2. The van der Waals surface area contributed by atoms with E-state index < -0.39 is 0 Å². The number of nitrogens with one attached hydrogen (secondary N) is 1. The van der Waals surface area contributed by atoms with Gasteiger partial charge in [-0.3, -0.25) is 9.59 Å². The summed E-state index contributed by atoms with van der Waals surface area (Å²) in [5.41, 5.74) is 5.68. The van der Waals surface area contributed by atoms with Crippen LogP contribution >= 0.6 is 35.6 Å². The van der Waals surface area contributed by atoms with E-state index >= 15 is 0 Å². The third kappa shape index (κ3) is 4.98. The van der Waals surface area contributed by atoms with E-state index in [-0.39, 0.29) is 30.1 Å². The number of nitrogens with two attached hydrogens (primary N) is 1. The van der Waals surface area contributed by atoms with Crippen molar-refractivity contribution in [2.24, 2.45) is 11.7 Å². The second-order valence-corrected chi connectivity index (χ2v) is 6.08. The van der Waals surface area contributed by atoms with Gasteiger partial charge in [-0.25, -0.2) is 0 Å². The molecular weight excluding hydrogens is 361 g/mol. The van der Waals surface area contributed by atoms with E-state index in [4.69, 9.17) is 28.9 Å². The second kappa shape index (κ2) is 9.33. The second-order valence-electron chi connectivity index (χ2n) is 5.27. The molecule has 0 radical (unpaired) electrons. The standard InChI is InChI=1S/C15H19Cl2N3O2.ClH/c16-11-4-1-5-12(17)13(11)15(22)20-8-2-3-10(9-20)14(21)19-7-6-18;/h1,4-5,10H,2-3,6-9,18H2,(H,19,21);1H. The van der Waals surface area contributed by atoms with Crippen molar-refractivity contribution in [3.63, 3.8) is 0 Å². The Morgan fingerprint density at radius 1 is 1.30 bits per heavy atom. The normalized spacial score (nSPS) is 17.3. The average molecular weight is 381 g/mol. The number of likely N-dealkylation sites (tertiary alicyclic amines) is 1. The quantitative estimate of drug-likeness (QED) is 0.842. The summed E-state index contributed by atoms with van der Waals surface area (Å²) in [6.45, 7) is 1.81. The number of nitrogens with zero attached hydrogens (tertiary/aromatic N) is 1. The first kappa shape index (κ1) is 20.0. The van der Waals surface area contributed by atoms with Crippen LogP contribution in [0.15, 0.2) is 18.2 Å². The average Bonchev–Trinajstić information content (AvgIpc) is 2.52. The van der Waals surface area contributed by atoms with Gasteiger partial charge in [0.2, 0.25) is 5.91 Å². The molecule has 0 saturated carbocycles. The lowest BCUT2D eigenvalue weighted by Gasteiger charge is -2.32. The Morgan fingerprint density at radius 3 is 2.57 bits per heavy atom. The van der Waals surface area contributed by atoms with Crippen LogP contribution in [0, 0.1) is 5.92 Å². The number of benzene rings is 1. The highest BCUT2D eigenvalue weighted by Gasteiger charge is 2.30. The van der Waals surface area contributed by atoms with Crippen LogP contribution in [0.1, 0.15) is 23.2 Å². The monoisotopic (exact) mass is 379 g/mol. The molecule has 0 bridgehead atoms. The number of hydrogen-bond acceptors (Lipinski definition) is 3. The van der Waals surface area contributed by atoms with Gasteiger partial charge >= 0.3 is 0 Å². The number of hydrogen-bond donors (Lipinski definition) is 2. The van der Waals surface area contributed by atoms with Gasteiger partial charge in [-0.2, -0.15) is 0 Å². The number of amides is 2. The van der Waals surface area contributed by atoms with Crippen molar-refractivity contribution in [1.82, 2.24) is 10.2 Å². The predicted octanol–water partition coefficient (Wildman–Crippen LogP) is 2.34. The highest BCUT2D eigenvalue weighted by molar-refractivity contribution is 6.39. The highest BCUT2D eigenvalue weighted by Crippen LogP contribution is 2.27. The van der Waals surface area contributed by atoms with Crippen LogP contribution in [-0.2, 0) is 4.79 Å². The third-order valence-electron chi connectivity index (χ3n) is 3.70. The molecule has 1 aliphatic rings. The van der Waals surface area contributed by atoms with Crippen molar-refractivity contribution in [3.05, 3.63) is 33.8 Å². The van der Waals surface area contributed by atoms with E-state index in [1.807, 2.05) is 0 Å². The van der Waals surface area contributed by atoms with Crippen molar-refractivity contribution >= 4 is 47.4 Å². The third-order valence-corrected chi connectivity index (χ3v) is 4.33. The zero-order valence-corrected chi connectivity index (χ0v) is 14.9. The number of carbonyl (C=O) groups excluding carboxylic acids is 2. The molecular formula is C15H20Cl3N3O2. The summed E-state index contributed by atoms with van der Waals surface area (Å²) in [4.78, 5) is 26.3. The van der Waals surface area contributed by atoms with Crippen LogP contribution in [0.2, 0.25) is 10.0 Å². The minimum Gasteiger partial charge on any atom is -0.355 e. The summed E-state index contributed by atoms with van der Waals surface area (Å²) in [6.07, 6.45) is 1.53. The minimum atomic E-state index is -0.230. The van der Waals surface area contributed by atoms with E-state index in [1.165, 1.54) is 0 Å². The maximum absolute atomic E-state index is 12.6. The van der Waals surface area contributed by atoms with Crippen LogP contribution < -0.4 is 11.1 Å². The SMILES string of the molecule is Cl.NCCNC(=O)C1CCCN(C(=O)c2c(Cl)cccc2Cl)C1. The van der Waals surface area contributed by atoms with Gasteiger partial charge in [0.15, 0.2) is 0 Å². The van der Waals surface area contributed by atoms with Gasteiger partial charge in [0.1, 0.15) is 0 Å². The van der Waals surface area contributed by atoms with Crippen LogP contribution in [0.5, 0.6) is 0 Å². The van der Waals surface area contributed by atoms with Gasteiger partial charge in [-0.1, -0.05) is 29.3 Å². The van der Waals surface area contributed by atoms with Gasteiger partial charge in [0, 0.05) is 26.2 Å². The van der Waals surface area contributed by atoms with Crippen LogP contribution in [0.3, 0.4) is 0 Å². The molecule has 1 aromatic rings. The van der Waals surface area contributed by atoms with Crippen LogP contribution in [-0.4, -0.2) is 42.9 Å². The van der Waals surface area contributed by atoms with Gasteiger partial charge in [-0.05, 0) is 25.0 Å². The van der Waals surface area contributed by atoms with E-state index in [0.717, 1.165) is 12.8 Å². The first-order valence-corrected chi connectivity index (χ1v) is 8.01. The Hall–Kier alpha value is -1.01. The molecule has 0 aliphatic carbocycles. The first-order valence-electron chi connectivity index (χ1n) is 7.25. The lowest BCUT2D eigenvalue weighted by molar-refractivity contribution is -0.126. The Balaban J connectivity index is 0.00000264. The Labute approximate surface area is 151 Å². The topological polar surface area (TPSA) is 75.4 Å². The van der Waals surface area contributed by atoms with Gasteiger partial charge in [0.05, 0.1) is 21.5 Å². The van der Waals surface area contributed by atoms with Crippen molar-refractivity contribution in [2.75, 3.05) is 26.2 Å². The fourth-order valence-electron chi connectivity index (χ4n) is 2.58. The van der Waals surface area contributed by atoms with Gasteiger partial charge in [-0.15, -0.1) is 12.4 Å². The first-order chi connectivity index (χ1) is 10.5. The fourth-order valence-corrected chi connectivity index (χ4v) is 3.13. The maximum Gasteiger partial charge on any atom is 0.256 e. The van der Waals surface area contributed by atoms with Crippen molar-refractivity contribution in [2.45, 2.75) is 12.8 Å². The zero-order valence-electron chi connectivity index (χ0n) is 12.6. The minimum absolute atomic E-state index is 0. The molecule has 3 N–H and O–H groups in total. The maximum atomic E-state index is 12.6. The lowest BCUT2D eigenvalue weighted by atomic mass is 9.96. The number of piperidine rings is 1. The van der Waals surface area contributed by atoms with Crippen molar-refractivity contribution in [3.8, 4) is 0 Å². The Morgan fingerprint density at radius 2 is 1.96 bits per heavy atom. The summed E-state index contributed by atoms with van der Waals surface area (Å²) in [5.74, 6) is -0.509. The molecule has 0 aromatic heterocycles. The Bertz CT molecular complexity index is 549. The highest BCUT2D eigenvalue weighted by atomic mass is 35.5. The van der Waals surface area contributed by atoms with Crippen LogP contribution in [0.25, 0.3) is 0 Å². The van der Waals surface area contributed by atoms with E-state index in [1.54, 1.807) is 23.1 Å². The molecule has 128 valence electrons. The fraction of sp³-hybridized carbons (Fsp3) is 0.467. The Kier molecular flexibility index (Phi) is 8.12. The molecule has 2 amide bonds.